The summed E-state index contributed by atoms with van der Waals surface area (Å²) in [4.78, 5) is 12.4. The number of ether oxygens (including phenoxy) is 1. The first-order valence-corrected chi connectivity index (χ1v) is 8.53. The van der Waals surface area contributed by atoms with Gasteiger partial charge in [0.25, 0.3) is 0 Å². The highest BCUT2D eigenvalue weighted by Gasteiger charge is 2.71. The van der Waals surface area contributed by atoms with Crippen LogP contribution in [0.4, 0.5) is 0 Å². The van der Waals surface area contributed by atoms with Crippen LogP contribution in [0.3, 0.4) is 0 Å². The van der Waals surface area contributed by atoms with Crippen LogP contribution in [-0.4, -0.2) is 42.7 Å². The molecule has 2 fully saturated rings. The molecule has 1 aliphatic heterocycles. The van der Waals surface area contributed by atoms with Gasteiger partial charge in [-0.2, -0.15) is 11.8 Å². The van der Waals surface area contributed by atoms with Crippen LogP contribution < -0.4 is 11.1 Å². The molecule has 0 bridgehead atoms. The lowest BCUT2D eigenvalue weighted by molar-refractivity contribution is -0.175. The molecule has 0 spiro atoms. The Hall–Kier alpha value is -0.260. The fourth-order valence-corrected chi connectivity index (χ4v) is 4.06. The number of fused-ring (bicyclic) bond motifs is 1. The van der Waals surface area contributed by atoms with Gasteiger partial charge in [0.05, 0.1) is 6.10 Å². The van der Waals surface area contributed by atoms with Crippen molar-refractivity contribution < 1.29 is 9.53 Å². The van der Waals surface area contributed by atoms with Gasteiger partial charge in [-0.15, -0.1) is 0 Å². The fourth-order valence-electron chi connectivity index (χ4n) is 3.56. The third kappa shape index (κ3) is 2.30. The number of hydrogen-bond acceptors (Lipinski definition) is 4. The predicted octanol–water partition coefficient (Wildman–Crippen LogP) is 1.39. The van der Waals surface area contributed by atoms with E-state index < -0.39 is 5.54 Å². The average molecular weight is 286 g/mol. The van der Waals surface area contributed by atoms with Gasteiger partial charge in [0.2, 0.25) is 5.91 Å². The molecule has 1 heterocycles. The summed E-state index contributed by atoms with van der Waals surface area (Å²) in [6, 6.07) is 0. The number of carbonyl (C=O) groups excluding carboxylic acids is 1. The number of amides is 1. The molecule has 2 aliphatic rings. The molecular formula is C14H26N2O2S. The van der Waals surface area contributed by atoms with Crippen molar-refractivity contribution in [1.82, 2.24) is 5.32 Å². The van der Waals surface area contributed by atoms with E-state index in [-0.39, 0.29) is 23.3 Å². The van der Waals surface area contributed by atoms with Crippen LogP contribution in [0.5, 0.6) is 0 Å². The molecule has 0 aromatic carbocycles. The van der Waals surface area contributed by atoms with Gasteiger partial charge < -0.3 is 15.8 Å². The van der Waals surface area contributed by atoms with E-state index in [4.69, 9.17) is 10.5 Å². The first-order chi connectivity index (χ1) is 8.96. The topological polar surface area (TPSA) is 64.4 Å². The van der Waals surface area contributed by atoms with Crippen molar-refractivity contribution >= 4 is 17.7 Å². The molecule has 1 amide bonds. The van der Waals surface area contributed by atoms with Crippen LogP contribution in [0.2, 0.25) is 0 Å². The lowest BCUT2D eigenvalue weighted by Crippen LogP contribution is -2.80. The van der Waals surface area contributed by atoms with E-state index in [9.17, 15) is 4.79 Å². The molecule has 3 atom stereocenters. The standard InChI is InChI=1S/C14H26N2O2S/c1-13(2)11-10(6-8-18-11)14(13,15)12(17)16-7-4-5-9-19-3/h10-11H,4-9,15H2,1-3H3,(H,16,17). The van der Waals surface area contributed by atoms with E-state index in [0.29, 0.717) is 0 Å². The van der Waals surface area contributed by atoms with Crippen LogP contribution in [0.15, 0.2) is 0 Å². The highest BCUT2D eigenvalue weighted by Crippen LogP contribution is 2.58. The van der Waals surface area contributed by atoms with Gasteiger partial charge in [0, 0.05) is 24.5 Å². The smallest absolute Gasteiger partial charge is 0.241 e. The van der Waals surface area contributed by atoms with Gasteiger partial charge in [0.1, 0.15) is 5.54 Å². The maximum Gasteiger partial charge on any atom is 0.241 e. The molecule has 1 saturated carbocycles. The van der Waals surface area contributed by atoms with E-state index >= 15 is 0 Å². The van der Waals surface area contributed by atoms with Crippen molar-refractivity contribution in [3.8, 4) is 0 Å². The predicted molar refractivity (Wildman–Crippen MR) is 79.2 cm³/mol. The van der Waals surface area contributed by atoms with E-state index in [2.05, 4.69) is 11.6 Å². The molecular weight excluding hydrogens is 260 g/mol. The molecule has 4 nitrogen and oxygen atoms in total. The summed E-state index contributed by atoms with van der Waals surface area (Å²) in [5.74, 6) is 1.34. The zero-order valence-corrected chi connectivity index (χ0v) is 13.0. The number of hydrogen-bond donors (Lipinski definition) is 2. The van der Waals surface area contributed by atoms with Gasteiger partial charge in [-0.3, -0.25) is 4.79 Å². The third-order valence-electron chi connectivity index (χ3n) is 4.89. The SMILES string of the molecule is CSCCCCNC(=O)C1(N)C2CCOC2C1(C)C. The minimum Gasteiger partial charge on any atom is -0.377 e. The summed E-state index contributed by atoms with van der Waals surface area (Å²) in [6.07, 6.45) is 5.32. The molecule has 0 radical (unpaired) electrons. The summed E-state index contributed by atoms with van der Waals surface area (Å²) in [6.45, 7) is 5.56. The minimum absolute atomic E-state index is 0.00778. The summed E-state index contributed by atoms with van der Waals surface area (Å²) in [7, 11) is 0. The highest BCUT2D eigenvalue weighted by atomic mass is 32.2. The Morgan fingerprint density at radius 3 is 2.89 bits per heavy atom. The normalized spacial score (nSPS) is 35.6. The van der Waals surface area contributed by atoms with Crippen molar-refractivity contribution in [3.05, 3.63) is 0 Å². The van der Waals surface area contributed by atoms with Gasteiger partial charge in [-0.1, -0.05) is 13.8 Å². The molecule has 19 heavy (non-hydrogen) atoms. The second-order valence-corrected chi connectivity index (χ2v) is 7.22. The monoisotopic (exact) mass is 286 g/mol. The maximum atomic E-state index is 12.4. The first kappa shape index (κ1) is 15.1. The zero-order chi connectivity index (χ0) is 14.1. The Balaban J connectivity index is 1.87. The second-order valence-electron chi connectivity index (χ2n) is 6.23. The number of thioether (sulfide) groups is 1. The Kier molecular flexibility index (Phi) is 4.48. The quantitative estimate of drug-likeness (QED) is 0.724. The van der Waals surface area contributed by atoms with Crippen LogP contribution in [-0.2, 0) is 9.53 Å². The first-order valence-electron chi connectivity index (χ1n) is 7.14. The Morgan fingerprint density at radius 1 is 1.47 bits per heavy atom. The van der Waals surface area contributed by atoms with Crippen molar-refractivity contribution in [2.45, 2.75) is 44.8 Å². The zero-order valence-electron chi connectivity index (χ0n) is 12.2. The van der Waals surface area contributed by atoms with Crippen LogP contribution >= 0.6 is 11.8 Å². The molecule has 3 N–H and O–H groups in total. The van der Waals surface area contributed by atoms with Gasteiger partial charge >= 0.3 is 0 Å². The summed E-state index contributed by atoms with van der Waals surface area (Å²) in [5.41, 5.74) is 5.43. The molecule has 3 unspecified atom stereocenters. The van der Waals surface area contributed by atoms with Crippen LogP contribution in [0.1, 0.15) is 33.1 Å². The number of carbonyl (C=O) groups is 1. The molecule has 5 heteroatoms. The van der Waals surface area contributed by atoms with E-state index in [1.165, 1.54) is 0 Å². The van der Waals surface area contributed by atoms with E-state index in [1.54, 1.807) is 0 Å². The lowest BCUT2D eigenvalue weighted by Gasteiger charge is -2.60. The van der Waals surface area contributed by atoms with Gasteiger partial charge in [0.15, 0.2) is 0 Å². The Labute approximate surface area is 120 Å². The van der Waals surface area contributed by atoms with Gasteiger partial charge in [-0.05, 0) is 31.3 Å². The van der Waals surface area contributed by atoms with E-state index in [0.717, 1.165) is 38.2 Å². The minimum atomic E-state index is -0.756. The summed E-state index contributed by atoms with van der Waals surface area (Å²) >= 11 is 1.84. The number of nitrogens with two attached hydrogens (primary N) is 1. The van der Waals surface area contributed by atoms with Crippen molar-refractivity contribution in [1.29, 1.82) is 0 Å². The Bertz CT molecular complexity index is 348. The second kappa shape index (κ2) is 5.62. The van der Waals surface area contributed by atoms with Crippen LogP contribution in [0, 0.1) is 11.3 Å². The summed E-state index contributed by atoms with van der Waals surface area (Å²) < 4.78 is 5.71. The Morgan fingerprint density at radius 2 is 2.21 bits per heavy atom. The largest absolute Gasteiger partial charge is 0.377 e. The van der Waals surface area contributed by atoms with E-state index in [1.807, 2.05) is 25.6 Å². The van der Waals surface area contributed by atoms with Crippen molar-refractivity contribution in [3.63, 3.8) is 0 Å². The molecule has 2 rings (SSSR count). The molecule has 1 aliphatic carbocycles. The lowest BCUT2D eigenvalue weighted by atomic mass is 9.48. The summed E-state index contributed by atoms with van der Waals surface area (Å²) in [5, 5.41) is 3.02. The number of rotatable bonds is 6. The molecule has 0 aromatic heterocycles. The van der Waals surface area contributed by atoms with Gasteiger partial charge in [-0.25, -0.2) is 0 Å². The molecule has 110 valence electrons. The molecule has 0 aromatic rings. The molecule has 1 saturated heterocycles. The van der Waals surface area contributed by atoms with Crippen molar-refractivity contribution in [2.24, 2.45) is 17.1 Å². The third-order valence-corrected chi connectivity index (χ3v) is 5.59. The average Bonchev–Trinajstić information content (AvgIpc) is 2.85. The number of unbranched alkanes of at least 4 members (excludes halogenated alkanes) is 1. The fraction of sp³-hybridized carbons (Fsp3) is 0.929. The highest BCUT2D eigenvalue weighted by molar-refractivity contribution is 7.98. The maximum absolute atomic E-state index is 12.4. The number of nitrogens with one attached hydrogen (secondary N) is 1. The van der Waals surface area contributed by atoms with Crippen molar-refractivity contribution in [2.75, 3.05) is 25.2 Å². The van der Waals surface area contributed by atoms with Crippen LogP contribution in [0.25, 0.3) is 0 Å².